The lowest BCUT2D eigenvalue weighted by molar-refractivity contribution is 0.104. The van der Waals surface area contributed by atoms with Crippen LogP contribution in [-0.2, 0) is 0 Å². The molecular formula is C15H10ClFN2O. The molecule has 0 atom stereocenters. The minimum Gasteiger partial charge on any atom is -0.399 e. The molecule has 0 saturated heterocycles. The lowest BCUT2D eigenvalue weighted by Gasteiger charge is -2.03. The molecule has 1 aromatic heterocycles. The van der Waals surface area contributed by atoms with E-state index in [1.807, 2.05) is 0 Å². The highest BCUT2D eigenvalue weighted by Crippen LogP contribution is 2.24. The van der Waals surface area contributed by atoms with Crippen LogP contribution >= 0.6 is 11.6 Å². The number of halogens is 2. The van der Waals surface area contributed by atoms with E-state index in [1.165, 1.54) is 12.1 Å². The van der Waals surface area contributed by atoms with Crippen molar-refractivity contribution in [3.63, 3.8) is 0 Å². The van der Waals surface area contributed by atoms with E-state index in [9.17, 15) is 9.18 Å². The third kappa shape index (κ3) is 2.14. The van der Waals surface area contributed by atoms with Gasteiger partial charge in [0.1, 0.15) is 5.82 Å². The number of nitrogens with two attached hydrogens (primary N) is 1. The Morgan fingerprint density at radius 2 is 2.00 bits per heavy atom. The van der Waals surface area contributed by atoms with Crippen molar-refractivity contribution in [1.29, 1.82) is 0 Å². The van der Waals surface area contributed by atoms with Crippen LogP contribution < -0.4 is 5.73 Å². The van der Waals surface area contributed by atoms with Crippen molar-refractivity contribution in [1.82, 2.24) is 4.98 Å². The van der Waals surface area contributed by atoms with Crippen molar-refractivity contribution >= 4 is 34.0 Å². The number of anilines is 1. The number of carbonyl (C=O) groups is 1. The summed E-state index contributed by atoms with van der Waals surface area (Å²) in [5.41, 5.74) is 7.56. The van der Waals surface area contributed by atoms with Crippen molar-refractivity contribution in [3.8, 4) is 0 Å². The monoisotopic (exact) mass is 288 g/mol. The molecule has 0 aliphatic heterocycles. The van der Waals surface area contributed by atoms with E-state index in [4.69, 9.17) is 17.3 Å². The van der Waals surface area contributed by atoms with Gasteiger partial charge in [-0.2, -0.15) is 0 Å². The zero-order valence-corrected chi connectivity index (χ0v) is 11.0. The average Bonchev–Trinajstić information content (AvgIpc) is 2.79. The molecular weight excluding hydrogens is 279 g/mol. The first-order valence-electron chi connectivity index (χ1n) is 5.92. The Morgan fingerprint density at radius 1 is 1.20 bits per heavy atom. The fraction of sp³-hybridized carbons (Fsp3) is 0. The lowest BCUT2D eigenvalue weighted by atomic mass is 10.0. The van der Waals surface area contributed by atoms with Gasteiger partial charge in [0.15, 0.2) is 5.78 Å². The first-order valence-corrected chi connectivity index (χ1v) is 6.30. The highest BCUT2D eigenvalue weighted by atomic mass is 35.5. The maximum absolute atomic E-state index is 13.3. The molecule has 0 bridgehead atoms. The maximum Gasteiger partial charge on any atom is 0.195 e. The average molecular weight is 289 g/mol. The Balaban J connectivity index is 2.15. The topological polar surface area (TPSA) is 58.9 Å². The van der Waals surface area contributed by atoms with Crippen LogP contribution in [0.5, 0.6) is 0 Å². The number of carbonyl (C=O) groups excluding carboxylic acids is 1. The molecule has 0 unspecified atom stereocenters. The summed E-state index contributed by atoms with van der Waals surface area (Å²) >= 11 is 5.90. The van der Waals surface area contributed by atoms with Crippen LogP contribution in [0, 0.1) is 5.82 Å². The van der Waals surface area contributed by atoms with Gasteiger partial charge in [-0.25, -0.2) is 4.39 Å². The van der Waals surface area contributed by atoms with Crippen molar-refractivity contribution < 1.29 is 9.18 Å². The van der Waals surface area contributed by atoms with E-state index in [0.717, 1.165) is 0 Å². The zero-order chi connectivity index (χ0) is 14.3. The number of aromatic amines is 1. The molecule has 0 radical (unpaired) electrons. The van der Waals surface area contributed by atoms with Gasteiger partial charge in [-0.3, -0.25) is 4.79 Å². The number of fused-ring (bicyclic) bond motifs is 1. The van der Waals surface area contributed by atoms with Crippen molar-refractivity contribution in [3.05, 3.63) is 64.6 Å². The van der Waals surface area contributed by atoms with Gasteiger partial charge in [0.25, 0.3) is 0 Å². The fourth-order valence-corrected chi connectivity index (χ4v) is 2.42. The predicted octanol–water partition coefficient (Wildman–Crippen LogP) is 3.77. The molecule has 0 spiro atoms. The van der Waals surface area contributed by atoms with Crippen LogP contribution in [0.25, 0.3) is 10.9 Å². The number of nitrogens with one attached hydrogen (secondary N) is 1. The Morgan fingerprint density at radius 3 is 2.75 bits per heavy atom. The van der Waals surface area contributed by atoms with Crippen LogP contribution in [0.1, 0.15) is 15.9 Å². The maximum atomic E-state index is 13.3. The molecule has 0 fully saturated rings. The molecule has 0 saturated carbocycles. The first-order chi connectivity index (χ1) is 9.54. The molecule has 1 heterocycles. The normalized spacial score (nSPS) is 10.9. The highest BCUT2D eigenvalue weighted by molar-refractivity contribution is 6.31. The van der Waals surface area contributed by atoms with Crippen LogP contribution in [-0.4, -0.2) is 10.8 Å². The molecule has 3 nitrogen and oxygen atoms in total. The number of H-pyrrole nitrogens is 1. The second kappa shape index (κ2) is 4.65. The molecule has 2 aromatic carbocycles. The molecule has 100 valence electrons. The van der Waals surface area contributed by atoms with E-state index >= 15 is 0 Å². The number of rotatable bonds is 2. The number of hydrogen-bond acceptors (Lipinski definition) is 2. The number of benzene rings is 2. The Bertz CT molecular complexity index is 806. The molecule has 3 N–H and O–H groups in total. The van der Waals surface area contributed by atoms with Gasteiger partial charge in [0.2, 0.25) is 0 Å². The van der Waals surface area contributed by atoms with Gasteiger partial charge in [0.05, 0.1) is 0 Å². The standard InChI is InChI=1S/C15H10ClFN2O/c16-9-3-8(4-11(18)5-9)15(20)13-7-19-14-2-1-10(17)6-12(13)14/h1-7,19H,18H2. The SMILES string of the molecule is Nc1cc(Cl)cc(C(=O)c2c[nH]c3ccc(F)cc23)c1. The van der Waals surface area contributed by atoms with Crippen LogP contribution in [0.3, 0.4) is 0 Å². The Kier molecular flexibility index (Phi) is 2.95. The number of nitrogen functional groups attached to an aromatic ring is 1. The van der Waals surface area contributed by atoms with Crippen LogP contribution in [0.2, 0.25) is 5.02 Å². The second-order valence-electron chi connectivity index (χ2n) is 4.49. The smallest absolute Gasteiger partial charge is 0.195 e. The molecule has 0 aliphatic rings. The third-order valence-corrected chi connectivity index (χ3v) is 3.29. The predicted molar refractivity (Wildman–Crippen MR) is 77.6 cm³/mol. The van der Waals surface area contributed by atoms with Gasteiger partial charge in [-0.05, 0) is 36.4 Å². The highest BCUT2D eigenvalue weighted by Gasteiger charge is 2.15. The molecule has 20 heavy (non-hydrogen) atoms. The van der Waals surface area contributed by atoms with E-state index < -0.39 is 5.82 Å². The van der Waals surface area contributed by atoms with E-state index in [-0.39, 0.29) is 5.78 Å². The number of ketones is 1. The summed E-state index contributed by atoms with van der Waals surface area (Å²) in [5, 5.41) is 0.924. The van der Waals surface area contributed by atoms with Crippen molar-refractivity contribution in [2.24, 2.45) is 0 Å². The van der Waals surface area contributed by atoms with E-state index in [1.54, 1.807) is 30.5 Å². The summed E-state index contributed by atoms with van der Waals surface area (Å²) in [4.78, 5) is 15.4. The second-order valence-corrected chi connectivity index (χ2v) is 4.93. The summed E-state index contributed by atoms with van der Waals surface area (Å²) < 4.78 is 13.3. The minimum atomic E-state index is -0.392. The summed E-state index contributed by atoms with van der Waals surface area (Å²) in [5.74, 6) is -0.646. The third-order valence-electron chi connectivity index (χ3n) is 3.07. The Hall–Kier alpha value is -2.33. The van der Waals surface area contributed by atoms with Gasteiger partial charge < -0.3 is 10.7 Å². The number of aromatic nitrogens is 1. The summed E-state index contributed by atoms with van der Waals surface area (Å²) in [6.45, 7) is 0. The van der Waals surface area contributed by atoms with E-state index in [0.29, 0.717) is 32.7 Å². The van der Waals surface area contributed by atoms with Gasteiger partial charge >= 0.3 is 0 Å². The van der Waals surface area contributed by atoms with E-state index in [2.05, 4.69) is 4.98 Å². The summed E-state index contributed by atoms with van der Waals surface area (Å²) in [7, 11) is 0. The van der Waals surface area contributed by atoms with Gasteiger partial charge in [-0.15, -0.1) is 0 Å². The molecule has 3 rings (SSSR count). The van der Waals surface area contributed by atoms with Crippen molar-refractivity contribution in [2.75, 3.05) is 5.73 Å². The van der Waals surface area contributed by atoms with Gasteiger partial charge in [0, 0.05) is 38.9 Å². The van der Waals surface area contributed by atoms with Crippen LogP contribution in [0.15, 0.2) is 42.6 Å². The minimum absolute atomic E-state index is 0.254. The molecule has 0 amide bonds. The van der Waals surface area contributed by atoms with Crippen LogP contribution in [0.4, 0.5) is 10.1 Å². The first kappa shape index (κ1) is 12.7. The van der Waals surface area contributed by atoms with Crippen molar-refractivity contribution in [2.45, 2.75) is 0 Å². The van der Waals surface area contributed by atoms with Gasteiger partial charge in [-0.1, -0.05) is 11.6 Å². The number of hydrogen-bond donors (Lipinski definition) is 2. The largest absolute Gasteiger partial charge is 0.399 e. The lowest BCUT2D eigenvalue weighted by Crippen LogP contribution is -2.01. The fourth-order valence-electron chi connectivity index (χ4n) is 2.18. The quantitative estimate of drug-likeness (QED) is 0.557. The molecule has 0 aliphatic carbocycles. The Labute approximate surface area is 119 Å². The molecule has 3 aromatic rings. The summed E-state index contributed by atoms with van der Waals surface area (Å²) in [6.07, 6.45) is 1.56. The molecule has 5 heteroatoms. The summed E-state index contributed by atoms with van der Waals surface area (Å²) in [6, 6.07) is 8.91. The zero-order valence-electron chi connectivity index (χ0n) is 10.3.